The minimum atomic E-state index is -3.70. The first-order chi connectivity index (χ1) is 8.51. The van der Waals surface area contributed by atoms with Crippen LogP contribution in [0.25, 0.3) is 0 Å². The van der Waals surface area contributed by atoms with Crippen molar-refractivity contribution < 1.29 is 17.9 Å². The van der Waals surface area contributed by atoms with Crippen LogP contribution < -0.4 is 5.14 Å². The van der Waals surface area contributed by atoms with Gasteiger partial charge in [0.15, 0.2) is 0 Å². The average molecular weight is 285 g/mol. The van der Waals surface area contributed by atoms with Crippen molar-refractivity contribution in [2.75, 3.05) is 0 Å². The molecule has 0 aromatic heterocycles. The highest BCUT2D eigenvalue weighted by atomic mass is 32.2. The number of esters is 1. The third-order valence-corrected chi connectivity index (χ3v) is 3.50. The van der Waals surface area contributed by atoms with Crippen molar-refractivity contribution in [3.8, 4) is 0 Å². The number of carbonyl (C=O) groups excluding carboxylic acids is 1. The molecule has 0 amide bonds. The number of sulfonamides is 1. The fraction of sp³-hybridized carbons (Fsp3) is 0.462. The van der Waals surface area contributed by atoms with E-state index >= 15 is 0 Å². The average Bonchev–Trinajstić information content (AvgIpc) is 2.26. The van der Waals surface area contributed by atoms with Crippen molar-refractivity contribution in [1.29, 1.82) is 0 Å². The van der Waals surface area contributed by atoms with Crippen LogP contribution in [0.15, 0.2) is 29.2 Å². The Kier molecular flexibility index (Phi) is 4.37. The second-order valence-electron chi connectivity index (χ2n) is 5.41. The Morgan fingerprint density at radius 2 is 1.68 bits per heavy atom. The van der Waals surface area contributed by atoms with E-state index in [1.54, 1.807) is 39.8 Å². The summed E-state index contributed by atoms with van der Waals surface area (Å²) in [6.45, 7) is 7.04. The van der Waals surface area contributed by atoms with Crippen LogP contribution in [0.4, 0.5) is 0 Å². The van der Waals surface area contributed by atoms with Crippen LogP contribution in [0.1, 0.15) is 39.4 Å². The predicted octanol–water partition coefficient (Wildman–Crippen LogP) is 1.98. The smallest absolute Gasteiger partial charge is 0.311 e. The Hall–Kier alpha value is -1.40. The second-order valence-corrected chi connectivity index (χ2v) is 6.97. The van der Waals surface area contributed by atoms with Crippen molar-refractivity contribution in [2.24, 2.45) is 10.6 Å². The van der Waals surface area contributed by atoms with Gasteiger partial charge in [0.05, 0.1) is 10.3 Å². The molecule has 1 unspecified atom stereocenters. The van der Waals surface area contributed by atoms with E-state index in [1.165, 1.54) is 12.1 Å². The molecule has 0 aliphatic rings. The zero-order chi connectivity index (χ0) is 14.8. The summed E-state index contributed by atoms with van der Waals surface area (Å²) < 4.78 is 27.5. The summed E-state index contributed by atoms with van der Waals surface area (Å²) in [5.74, 6) is -0.310. The molecule has 0 radical (unpaired) electrons. The molecular weight excluding hydrogens is 266 g/mol. The number of primary sulfonamides is 1. The molecule has 1 aromatic carbocycles. The van der Waals surface area contributed by atoms with Gasteiger partial charge in [-0.1, -0.05) is 12.1 Å². The standard InChI is InChI=1S/C13H19NO4S/c1-9(18-12(15)13(2,3)4)10-5-7-11(8-6-10)19(14,16)17/h5-9H,1-4H3,(H2,14,16,17). The molecule has 0 aliphatic carbocycles. The Bertz CT molecular complexity index is 555. The lowest BCUT2D eigenvalue weighted by Crippen LogP contribution is -2.24. The van der Waals surface area contributed by atoms with E-state index in [2.05, 4.69) is 0 Å². The highest BCUT2D eigenvalue weighted by molar-refractivity contribution is 7.89. The van der Waals surface area contributed by atoms with E-state index in [0.717, 1.165) is 0 Å². The summed E-state index contributed by atoms with van der Waals surface area (Å²) in [4.78, 5) is 11.8. The van der Waals surface area contributed by atoms with Crippen LogP contribution in [-0.2, 0) is 19.6 Å². The summed E-state index contributed by atoms with van der Waals surface area (Å²) in [7, 11) is -3.70. The molecule has 19 heavy (non-hydrogen) atoms. The molecule has 106 valence electrons. The molecule has 2 N–H and O–H groups in total. The molecule has 0 saturated carbocycles. The lowest BCUT2D eigenvalue weighted by molar-refractivity contribution is -0.158. The maximum atomic E-state index is 11.7. The normalized spacial score (nSPS) is 13.9. The molecule has 0 saturated heterocycles. The molecule has 0 aliphatic heterocycles. The number of hydrogen-bond acceptors (Lipinski definition) is 4. The Morgan fingerprint density at radius 1 is 1.21 bits per heavy atom. The second kappa shape index (κ2) is 5.30. The van der Waals surface area contributed by atoms with Crippen molar-refractivity contribution in [3.05, 3.63) is 29.8 Å². The largest absolute Gasteiger partial charge is 0.457 e. The van der Waals surface area contributed by atoms with Crippen LogP contribution in [0.3, 0.4) is 0 Å². The molecule has 0 heterocycles. The van der Waals surface area contributed by atoms with Gasteiger partial charge in [-0.15, -0.1) is 0 Å². The van der Waals surface area contributed by atoms with Gasteiger partial charge in [0.1, 0.15) is 6.10 Å². The molecule has 1 atom stereocenters. The summed E-state index contributed by atoms with van der Waals surface area (Å²) in [6.07, 6.45) is -0.443. The van der Waals surface area contributed by atoms with Gasteiger partial charge in [0.25, 0.3) is 0 Å². The monoisotopic (exact) mass is 285 g/mol. The van der Waals surface area contributed by atoms with Crippen LogP contribution >= 0.6 is 0 Å². The van der Waals surface area contributed by atoms with Gasteiger partial charge >= 0.3 is 5.97 Å². The highest BCUT2D eigenvalue weighted by Gasteiger charge is 2.25. The Balaban J connectivity index is 2.85. The van der Waals surface area contributed by atoms with E-state index < -0.39 is 21.5 Å². The zero-order valence-corrected chi connectivity index (χ0v) is 12.3. The number of ether oxygens (including phenoxy) is 1. The number of hydrogen-bond donors (Lipinski definition) is 1. The van der Waals surface area contributed by atoms with Gasteiger partial charge in [-0.05, 0) is 45.4 Å². The van der Waals surface area contributed by atoms with E-state index in [-0.39, 0.29) is 10.9 Å². The SMILES string of the molecule is CC(OC(=O)C(C)(C)C)c1ccc(S(N)(=O)=O)cc1. The number of rotatable bonds is 3. The topological polar surface area (TPSA) is 86.5 Å². The van der Waals surface area contributed by atoms with Gasteiger partial charge in [0, 0.05) is 0 Å². The summed E-state index contributed by atoms with van der Waals surface area (Å²) in [5.41, 5.74) is 0.138. The van der Waals surface area contributed by atoms with Crippen LogP contribution in [0.5, 0.6) is 0 Å². The molecule has 0 bridgehead atoms. The molecule has 0 spiro atoms. The van der Waals surface area contributed by atoms with Gasteiger partial charge in [0.2, 0.25) is 10.0 Å². The molecule has 1 rings (SSSR count). The lowest BCUT2D eigenvalue weighted by atomic mass is 9.97. The van der Waals surface area contributed by atoms with Crippen LogP contribution in [0.2, 0.25) is 0 Å². The van der Waals surface area contributed by atoms with E-state index in [1.807, 2.05) is 0 Å². The third kappa shape index (κ3) is 4.33. The Labute approximate surface area is 113 Å². The first kappa shape index (κ1) is 15.7. The van der Waals surface area contributed by atoms with Crippen LogP contribution in [-0.4, -0.2) is 14.4 Å². The van der Waals surface area contributed by atoms with Crippen molar-refractivity contribution in [2.45, 2.75) is 38.7 Å². The van der Waals surface area contributed by atoms with Crippen molar-refractivity contribution >= 4 is 16.0 Å². The van der Waals surface area contributed by atoms with Crippen molar-refractivity contribution in [1.82, 2.24) is 0 Å². The summed E-state index contributed by atoms with van der Waals surface area (Å²) >= 11 is 0. The molecule has 0 fully saturated rings. The molecular formula is C13H19NO4S. The van der Waals surface area contributed by atoms with Crippen molar-refractivity contribution in [3.63, 3.8) is 0 Å². The number of benzene rings is 1. The molecule has 5 nitrogen and oxygen atoms in total. The minimum Gasteiger partial charge on any atom is -0.457 e. The fourth-order valence-corrected chi connectivity index (χ4v) is 1.85. The van der Waals surface area contributed by atoms with E-state index in [4.69, 9.17) is 9.88 Å². The fourth-order valence-electron chi connectivity index (χ4n) is 1.33. The van der Waals surface area contributed by atoms with Gasteiger partial charge in [-0.2, -0.15) is 0 Å². The number of carbonyl (C=O) groups is 1. The van der Waals surface area contributed by atoms with Crippen LogP contribution in [0, 0.1) is 5.41 Å². The summed E-state index contributed by atoms with van der Waals surface area (Å²) in [6, 6.07) is 5.96. The molecule has 1 aromatic rings. The van der Waals surface area contributed by atoms with E-state index in [0.29, 0.717) is 5.56 Å². The maximum absolute atomic E-state index is 11.7. The third-order valence-electron chi connectivity index (χ3n) is 2.57. The highest BCUT2D eigenvalue weighted by Crippen LogP contribution is 2.23. The predicted molar refractivity (Wildman–Crippen MR) is 71.8 cm³/mol. The van der Waals surface area contributed by atoms with Gasteiger partial charge in [-0.25, -0.2) is 13.6 Å². The maximum Gasteiger partial charge on any atom is 0.311 e. The van der Waals surface area contributed by atoms with E-state index in [9.17, 15) is 13.2 Å². The number of nitrogens with two attached hydrogens (primary N) is 1. The Morgan fingerprint density at radius 3 is 2.05 bits per heavy atom. The quantitative estimate of drug-likeness (QED) is 0.860. The van der Waals surface area contributed by atoms with Gasteiger partial charge in [-0.3, -0.25) is 4.79 Å². The first-order valence-electron chi connectivity index (χ1n) is 5.85. The molecule has 6 heteroatoms. The lowest BCUT2D eigenvalue weighted by Gasteiger charge is -2.21. The first-order valence-corrected chi connectivity index (χ1v) is 7.40. The minimum absolute atomic E-state index is 0.0330. The zero-order valence-electron chi connectivity index (χ0n) is 11.5. The van der Waals surface area contributed by atoms with Gasteiger partial charge < -0.3 is 4.74 Å². The summed E-state index contributed by atoms with van der Waals surface area (Å²) in [5, 5.41) is 5.01.